The Labute approximate surface area is 164 Å². The number of nitrogens with one attached hydrogen (secondary N) is 1. The Kier molecular flexibility index (Phi) is 5.42. The lowest BCUT2D eigenvalue weighted by atomic mass is 9.78. The molecular weight excluding hydrogens is 355 g/mol. The fourth-order valence-corrected chi connectivity index (χ4v) is 4.54. The minimum Gasteiger partial charge on any atom is -0.335 e. The summed E-state index contributed by atoms with van der Waals surface area (Å²) in [5.74, 6) is 0.0613. The first-order valence-corrected chi connectivity index (χ1v) is 10.1. The number of nitrogens with zero attached hydrogens (tertiary/aromatic N) is 1. The molecule has 0 radical (unpaired) electrons. The van der Waals surface area contributed by atoms with Gasteiger partial charge >= 0.3 is 0 Å². The third-order valence-electron chi connectivity index (χ3n) is 6.00. The van der Waals surface area contributed by atoms with Crippen molar-refractivity contribution in [2.24, 2.45) is 5.92 Å². The second kappa shape index (κ2) is 8.13. The van der Waals surface area contributed by atoms with E-state index in [1.165, 1.54) is 49.9 Å². The lowest BCUT2D eigenvalue weighted by molar-refractivity contribution is 0.0390. The van der Waals surface area contributed by atoms with Gasteiger partial charge in [-0.05, 0) is 80.1 Å². The number of anilines is 1. The summed E-state index contributed by atoms with van der Waals surface area (Å²) < 4.78 is 13.0. The van der Waals surface area contributed by atoms with Crippen LogP contribution in [0.15, 0.2) is 48.5 Å². The number of halogens is 1. The van der Waals surface area contributed by atoms with Crippen LogP contribution in [-0.4, -0.2) is 29.3 Å². The third kappa shape index (κ3) is 3.93. The molecule has 0 bridgehead atoms. The summed E-state index contributed by atoms with van der Waals surface area (Å²) in [6.07, 6.45) is 7.16. The van der Waals surface area contributed by atoms with Gasteiger partial charge in [0.05, 0.1) is 0 Å². The number of amides is 2. The minimum atomic E-state index is -0.377. The quantitative estimate of drug-likeness (QED) is 0.826. The third-order valence-corrected chi connectivity index (χ3v) is 6.00. The first-order chi connectivity index (χ1) is 13.6. The molecule has 4 rings (SSSR count). The van der Waals surface area contributed by atoms with Crippen LogP contribution in [0.1, 0.15) is 59.2 Å². The number of piperidine rings is 1. The number of hydrogen-bond acceptors (Lipinski definition) is 2. The molecule has 1 N–H and O–H groups in total. The molecule has 4 nitrogen and oxygen atoms in total. The predicted molar refractivity (Wildman–Crippen MR) is 107 cm³/mol. The first kappa shape index (κ1) is 18.7. The van der Waals surface area contributed by atoms with Crippen molar-refractivity contribution >= 4 is 17.5 Å². The van der Waals surface area contributed by atoms with E-state index in [1.54, 1.807) is 24.3 Å². The summed E-state index contributed by atoms with van der Waals surface area (Å²) in [5.41, 5.74) is 1.66. The second-order valence-electron chi connectivity index (χ2n) is 7.79. The molecule has 2 aromatic rings. The highest BCUT2D eigenvalue weighted by molar-refractivity contribution is 6.04. The van der Waals surface area contributed by atoms with Crippen molar-refractivity contribution in [2.45, 2.75) is 44.6 Å². The molecule has 0 spiro atoms. The Morgan fingerprint density at radius 2 is 1.50 bits per heavy atom. The maximum absolute atomic E-state index is 13.0. The van der Waals surface area contributed by atoms with Gasteiger partial charge in [0, 0.05) is 29.4 Å². The summed E-state index contributed by atoms with van der Waals surface area (Å²) in [6, 6.07) is 12.8. The smallest absolute Gasteiger partial charge is 0.255 e. The van der Waals surface area contributed by atoms with E-state index in [0.717, 1.165) is 19.4 Å². The van der Waals surface area contributed by atoms with E-state index in [4.69, 9.17) is 0 Å². The van der Waals surface area contributed by atoms with Crippen molar-refractivity contribution in [2.75, 3.05) is 11.9 Å². The van der Waals surface area contributed by atoms with E-state index in [9.17, 15) is 14.0 Å². The van der Waals surface area contributed by atoms with Gasteiger partial charge in [0.1, 0.15) is 5.82 Å². The lowest BCUT2D eigenvalue weighted by Crippen LogP contribution is -2.49. The average molecular weight is 380 g/mol. The highest BCUT2D eigenvalue weighted by Crippen LogP contribution is 2.36. The van der Waals surface area contributed by atoms with Crippen molar-refractivity contribution in [3.8, 4) is 0 Å². The first-order valence-electron chi connectivity index (χ1n) is 10.1. The Balaban J connectivity index is 1.43. The molecule has 1 aliphatic heterocycles. The predicted octanol–water partition coefficient (Wildman–Crippen LogP) is 4.87. The number of carbonyl (C=O) groups is 2. The topological polar surface area (TPSA) is 49.4 Å². The summed E-state index contributed by atoms with van der Waals surface area (Å²) in [5, 5.41) is 2.78. The number of carbonyl (C=O) groups excluding carboxylic acids is 2. The maximum atomic E-state index is 13.0. The van der Waals surface area contributed by atoms with Crippen molar-refractivity contribution in [3.05, 3.63) is 65.5 Å². The SMILES string of the molecule is O=C(Nc1ccc(C(=O)N2CCCC3CCCCC32)cc1)c1ccc(F)cc1. The van der Waals surface area contributed by atoms with Gasteiger partial charge in [-0.15, -0.1) is 0 Å². The summed E-state index contributed by atoms with van der Waals surface area (Å²) in [7, 11) is 0. The molecule has 146 valence electrons. The summed E-state index contributed by atoms with van der Waals surface area (Å²) >= 11 is 0. The largest absolute Gasteiger partial charge is 0.335 e. The van der Waals surface area contributed by atoms with Crippen molar-refractivity contribution in [1.82, 2.24) is 4.90 Å². The van der Waals surface area contributed by atoms with Gasteiger partial charge in [-0.2, -0.15) is 0 Å². The van der Waals surface area contributed by atoms with Crippen LogP contribution in [0.4, 0.5) is 10.1 Å². The number of rotatable bonds is 3. The molecular formula is C23H25FN2O2. The molecule has 0 aromatic heterocycles. The Bertz CT molecular complexity index is 846. The molecule has 1 aliphatic carbocycles. The van der Waals surface area contributed by atoms with Crippen LogP contribution in [0.3, 0.4) is 0 Å². The van der Waals surface area contributed by atoms with Crippen molar-refractivity contribution in [1.29, 1.82) is 0 Å². The zero-order valence-electron chi connectivity index (χ0n) is 15.9. The van der Waals surface area contributed by atoms with E-state index >= 15 is 0 Å². The van der Waals surface area contributed by atoms with Crippen molar-refractivity contribution < 1.29 is 14.0 Å². The van der Waals surface area contributed by atoms with Gasteiger partial charge in [-0.3, -0.25) is 9.59 Å². The molecule has 2 unspecified atom stereocenters. The van der Waals surface area contributed by atoms with Gasteiger partial charge in [0.2, 0.25) is 0 Å². The molecule has 1 saturated heterocycles. The van der Waals surface area contributed by atoms with Crippen LogP contribution >= 0.6 is 0 Å². The molecule has 2 aliphatic rings. The van der Waals surface area contributed by atoms with E-state index in [-0.39, 0.29) is 17.6 Å². The molecule has 2 atom stereocenters. The molecule has 28 heavy (non-hydrogen) atoms. The fraction of sp³-hybridized carbons (Fsp3) is 0.391. The number of benzene rings is 2. The number of likely N-dealkylation sites (tertiary alicyclic amines) is 1. The van der Waals surface area contributed by atoms with Crippen LogP contribution in [0.5, 0.6) is 0 Å². The molecule has 2 fully saturated rings. The minimum absolute atomic E-state index is 0.0908. The normalized spacial score (nSPS) is 21.7. The van der Waals surface area contributed by atoms with Crippen LogP contribution in [0.25, 0.3) is 0 Å². The molecule has 1 heterocycles. The van der Waals surface area contributed by atoms with E-state index < -0.39 is 0 Å². The molecule has 2 aromatic carbocycles. The molecule has 5 heteroatoms. The maximum Gasteiger partial charge on any atom is 0.255 e. The lowest BCUT2D eigenvalue weighted by Gasteiger charge is -2.44. The van der Waals surface area contributed by atoms with Gasteiger partial charge in [0.25, 0.3) is 11.8 Å². The molecule has 1 saturated carbocycles. The van der Waals surface area contributed by atoms with Gasteiger partial charge in [-0.25, -0.2) is 4.39 Å². The fourth-order valence-electron chi connectivity index (χ4n) is 4.54. The average Bonchev–Trinajstić information content (AvgIpc) is 2.74. The van der Waals surface area contributed by atoms with Gasteiger partial charge in [0.15, 0.2) is 0 Å². The zero-order valence-corrected chi connectivity index (χ0v) is 15.9. The van der Waals surface area contributed by atoms with E-state index in [2.05, 4.69) is 10.2 Å². The second-order valence-corrected chi connectivity index (χ2v) is 7.79. The summed E-state index contributed by atoms with van der Waals surface area (Å²) in [6.45, 7) is 0.836. The van der Waals surface area contributed by atoms with Gasteiger partial charge < -0.3 is 10.2 Å². The van der Waals surface area contributed by atoms with Crippen molar-refractivity contribution in [3.63, 3.8) is 0 Å². The Morgan fingerprint density at radius 3 is 2.25 bits per heavy atom. The highest BCUT2D eigenvalue weighted by Gasteiger charge is 2.35. The molecule has 2 amide bonds. The Hall–Kier alpha value is -2.69. The number of hydrogen-bond donors (Lipinski definition) is 1. The summed E-state index contributed by atoms with van der Waals surface area (Å²) in [4.78, 5) is 27.4. The van der Waals surface area contributed by atoms with E-state index in [1.807, 2.05) is 0 Å². The standard InChI is InChI=1S/C23H25FN2O2/c24-19-11-7-17(8-12-19)22(27)25-20-13-9-18(10-14-20)23(28)26-15-3-5-16-4-1-2-6-21(16)26/h7-14,16,21H,1-6,15H2,(H,25,27). The van der Waals surface area contributed by atoms with Crippen LogP contribution in [0, 0.1) is 11.7 Å². The van der Waals surface area contributed by atoms with Crippen LogP contribution in [-0.2, 0) is 0 Å². The van der Waals surface area contributed by atoms with E-state index in [0.29, 0.717) is 28.8 Å². The number of fused-ring (bicyclic) bond motifs is 1. The highest BCUT2D eigenvalue weighted by atomic mass is 19.1. The zero-order chi connectivity index (χ0) is 19.5. The monoisotopic (exact) mass is 380 g/mol. The van der Waals surface area contributed by atoms with Gasteiger partial charge in [-0.1, -0.05) is 12.8 Å². The van der Waals surface area contributed by atoms with Crippen LogP contribution in [0.2, 0.25) is 0 Å². The van der Waals surface area contributed by atoms with Crippen LogP contribution < -0.4 is 5.32 Å². The Morgan fingerprint density at radius 1 is 0.857 bits per heavy atom.